The van der Waals surface area contributed by atoms with Crippen LogP contribution in [0.3, 0.4) is 0 Å². The number of thiophene rings is 1. The Bertz CT molecular complexity index is 789. The van der Waals surface area contributed by atoms with Gasteiger partial charge in [-0.1, -0.05) is 30.3 Å². The summed E-state index contributed by atoms with van der Waals surface area (Å²) in [5, 5.41) is 3.19. The number of carbonyl (C=O) groups excluding carboxylic acids is 3. The van der Waals surface area contributed by atoms with E-state index >= 15 is 0 Å². The maximum atomic E-state index is 12.2. The highest BCUT2D eigenvalue weighted by Crippen LogP contribution is 2.36. The fourth-order valence-corrected chi connectivity index (χ4v) is 3.86. The fraction of sp³-hybridized carbons (Fsp3) is 0.316. The Balaban J connectivity index is 2.09. The number of carbonyl (C=O) groups is 3. The van der Waals surface area contributed by atoms with Crippen LogP contribution in [-0.2, 0) is 19.1 Å². The number of rotatable bonds is 9. The number of amides is 1. The first-order valence-corrected chi connectivity index (χ1v) is 10.4. The average molecular weight is 408 g/mol. The van der Waals surface area contributed by atoms with Gasteiger partial charge in [0.05, 0.1) is 30.3 Å². The quantitative estimate of drug-likeness (QED) is 0.636. The molecule has 0 saturated carbocycles. The molecule has 0 radical (unpaired) electrons. The molecule has 0 aliphatic carbocycles. The number of ether oxygens (including phenoxy) is 2. The third-order valence-electron chi connectivity index (χ3n) is 3.30. The molecule has 1 amide bonds. The van der Waals surface area contributed by atoms with Crippen molar-refractivity contribution in [3.63, 3.8) is 0 Å². The number of thioether (sulfide) groups is 1. The Morgan fingerprint density at radius 2 is 1.74 bits per heavy atom. The van der Waals surface area contributed by atoms with Crippen LogP contribution in [0.25, 0.3) is 10.4 Å². The van der Waals surface area contributed by atoms with E-state index in [9.17, 15) is 14.4 Å². The van der Waals surface area contributed by atoms with Crippen molar-refractivity contribution in [1.29, 1.82) is 0 Å². The van der Waals surface area contributed by atoms with Crippen LogP contribution < -0.4 is 5.32 Å². The number of hydrogen-bond donors (Lipinski definition) is 1. The molecule has 2 aromatic rings. The molecule has 6 nitrogen and oxygen atoms in total. The van der Waals surface area contributed by atoms with Gasteiger partial charge in [-0.25, -0.2) is 4.79 Å². The largest absolute Gasteiger partial charge is 0.465 e. The molecule has 1 N–H and O–H groups in total. The lowest BCUT2D eigenvalue weighted by molar-refractivity contribution is -0.139. The van der Waals surface area contributed by atoms with E-state index in [2.05, 4.69) is 5.32 Å². The van der Waals surface area contributed by atoms with Crippen LogP contribution >= 0.6 is 23.1 Å². The van der Waals surface area contributed by atoms with Crippen molar-refractivity contribution in [2.75, 3.05) is 30.0 Å². The highest BCUT2D eigenvalue weighted by molar-refractivity contribution is 8.00. The van der Waals surface area contributed by atoms with E-state index < -0.39 is 5.97 Å². The predicted octanol–water partition coefficient (Wildman–Crippen LogP) is 3.83. The maximum Gasteiger partial charge on any atom is 0.341 e. The molecule has 0 spiro atoms. The van der Waals surface area contributed by atoms with Crippen LogP contribution in [0.4, 0.5) is 5.00 Å². The molecule has 0 unspecified atom stereocenters. The minimum absolute atomic E-state index is 0.0830. The maximum absolute atomic E-state index is 12.2. The lowest BCUT2D eigenvalue weighted by atomic mass is 10.1. The van der Waals surface area contributed by atoms with Gasteiger partial charge in [0.25, 0.3) is 0 Å². The van der Waals surface area contributed by atoms with E-state index in [4.69, 9.17) is 9.47 Å². The number of anilines is 1. The summed E-state index contributed by atoms with van der Waals surface area (Å²) in [4.78, 5) is 36.6. The molecule has 2 rings (SSSR count). The Kier molecular flexibility index (Phi) is 8.35. The van der Waals surface area contributed by atoms with E-state index in [1.54, 1.807) is 19.9 Å². The van der Waals surface area contributed by atoms with Crippen LogP contribution in [-0.4, -0.2) is 42.6 Å². The molecule has 0 saturated heterocycles. The minimum atomic E-state index is -0.481. The van der Waals surface area contributed by atoms with Crippen molar-refractivity contribution in [3.05, 3.63) is 42.0 Å². The highest BCUT2D eigenvalue weighted by atomic mass is 32.2. The Morgan fingerprint density at radius 1 is 1.04 bits per heavy atom. The molecule has 0 aliphatic rings. The first kappa shape index (κ1) is 21.0. The van der Waals surface area contributed by atoms with Crippen LogP contribution in [0, 0.1) is 0 Å². The number of nitrogens with one attached hydrogen (secondary N) is 1. The second kappa shape index (κ2) is 10.7. The molecule has 27 heavy (non-hydrogen) atoms. The number of esters is 2. The monoisotopic (exact) mass is 407 g/mol. The molecule has 0 bridgehead atoms. The summed E-state index contributed by atoms with van der Waals surface area (Å²) in [6.07, 6.45) is 0. The van der Waals surface area contributed by atoms with E-state index in [-0.39, 0.29) is 30.0 Å². The van der Waals surface area contributed by atoms with Crippen molar-refractivity contribution in [2.45, 2.75) is 13.8 Å². The first-order chi connectivity index (χ1) is 13.0. The highest BCUT2D eigenvalue weighted by Gasteiger charge is 2.20. The van der Waals surface area contributed by atoms with Gasteiger partial charge in [-0.15, -0.1) is 23.1 Å². The van der Waals surface area contributed by atoms with Gasteiger partial charge in [0.1, 0.15) is 5.00 Å². The van der Waals surface area contributed by atoms with Gasteiger partial charge in [0.15, 0.2) is 0 Å². The second-order valence-electron chi connectivity index (χ2n) is 5.29. The zero-order valence-corrected chi connectivity index (χ0v) is 16.8. The standard InChI is InChI=1S/C19H21NO5S2/c1-3-24-17(22)12-26-11-16(21)20-18-14(19(23)25-4-2)10-15(27-18)13-8-6-5-7-9-13/h5-10H,3-4,11-12H2,1-2H3,(H,20,21). The third-order valence-corrected chi connectivity index (χ3v) is 5.30. The summed E-state index contributed by atoms with van der Waals surface area (Å²) in [6, 6.07) is 11.3. The molecule has 0 fully saturated rings. The molecule has 0 aliphatic heterocycles. The van der Waals surface area contributed by atoms with Crippen LogP contribution in [0.1, 0.15) is 24.2 Å². The van der Waals surface area contributed by atoms with Crippen molar-refractivity contribution >= 4 is 45.9 Å². The van der Waals surface area contributed by atoms with Crippen molar-refractivity contribution in [3.8, 4) is 10.4 Å². The van der Waals surface area contributed by atoms with E-state index in [1.165, 1.54) is 11.3 Å². The lowest BCUT2D eigenvalue weighted by Crippen LogP contribution is -2.17. The van der Waals surface area contributed by atoms with Crippen molar-refractivity contribution < 1.29 is 23.9 Å². The fourth-order valence-electron chi connectivity index (χ4n) is 2.18. The van der Waals surface area contributed by atoms with Crippen molar-refractivity contribution in [2.24, 2.45) is 0 Å². The normalized spacial score (nSPS) is 10.3. The molecular weight excluding hydrogens is 386 g/mol. The first-order valence-electron chi connectivity index (χ1n) is 8.44. The zero-order chi connectivity index (χ0) is 19.6. The van der Waals surface area contributed by atoms with Gasteiger partial charge in [-0.2, -0.15) is 0 Å². The molecule has 0 atom stereocenters. The summed E-state index contributed by atoms with van der Waals surface area (Å²) < 4.78 is 9.91. The SMILES string of the molecule is CCOC(=O)CSCC(=O)Nc1sc(-c2ccccc2)cc1C(=O)OCC. The Labute approximate surface area is 166 Å². The van der Waals surface area contributed by atoms with Gasteiger partial charge < -0.3 is 14.8 Å². The molecule has 8 heteroatoms. The average Bonchev–Trinajstić information content (AvgIpc) is 3.07. The van der Waals surface area contributed by atoms with Gasteiger partial charge in [0.2, 0.25) is 5.91 Å². The minimum Gasteiger partial charge on any atom is -0.465 e. The topological polar surface area (TPSA) is 81.7 Å². The summed E-state index contributed by atoms with van der Waals surface area (Å²) in [5.74, 6) is -0.947. The summed E-state index contributed by atoms with van der Waals surface area (Å²) in [5.41, 5.74) is 1.27. The molecular formula is C19H21NO5S2. The number of benzene rings is 1. The van der Waals surface area contributed by atoms with E-state index in [1.807, 2.05) is 30.3 Å². The summed E-state index contributed by atoms with van der Waals surface area (Å²) >= 11 is 2.47. The Morgan fingerprint density at radius 3 is 2.41 bits per heavy atom. The van der Waals surface area contributed by atoms with Gasteiger partial charge in [-0.05, 0) is 25.5 Å². The van der Waals surface area contributed by atoms with Crippen LogP contribution in [0.5, 0.6) is 0 Å². The molecule has 1 heterocycles. The molecule has 1 aromatic heterocycles. The van der Waals surface area contributed by atoms with Gasteiger partial charge in [-0.3, -0.25) is 9.59 Å². The second-order valence-corrected chi connectivity index (χ2v) is 7.32. The summed E-state index contributed by atoms with van der Waals surface area (Å²) in [6.45, 7) is 4.02. The number of hydrogen-bond acceptors (Lipinski definition) is 7. The lowest BCUT2D eigenvalue weighted by Gasteiger charge is -2.06. The van der Waals surface area contributed by atoms with Gasteiger partial charge >= 0.3 is 11.9 Å². The van der Waals surface area contributed by atoms with Crippen LogP contribution in [0.2, 0.25) is 0 Å². The molecule has 144 valence electrons. The Hall–Kier alpha value is -2.32. The molecule has 1 aromatic carbocycles. The van der Waals surface area contributed by atoms with E-state index in [0.717, 1.165) is 22.2 Å². The van der Waals surface area contributed by atoms with Crippen LogP contribution in [0.15, 0.2) is 36.4 Å². The zero-order valence-electron chi connectivity index (χ0n) is 15.2. The van der Waals surface area contributed by atoms with Crippen molar-refractivity contribution in [1.82, 2.24) is 0 Å². The summed E-state index contributed by atoms with van der Waals surface area (Å²) in [7, 11) is 0. The predicted molar refractivity (Wildman–Crippen MR) is 108 cm³/mol. The van der Waals surface area contributed by atoms with E-state index in [0.29, 0.717) is 17.2 Å². The third kappa shape index (κ3) is 6.41. The van der Waals surface area contributed by atoms with Gasteiger partial charge in [0, 0.05) is 4.88 Å². The smallest absolute Gasteiger partial charge is 0.341 e.